The molecule has 0 saturated heterocycles. The van der Waals surface area contributed by atoms with Crippen LogP contribution in [0.5, 0.6) is 5.75 Å². The van der Waals surface area contributed by atoms with Crippen LogP contribution in [-0.4, -0.2) is 13.0 Å². The SMILES string of the molecule is COc1ccc(N(Cc2ccco2)C(=O)C=Cc2ccc(C)cc2)cc1. The third-order valence-corrected chi connectivity index (χ3v) is 4.04. The van der Waals surface area contributed by atoms with Crippen molar-refractivity contribution in [1.82, 2.24) is 0 Å². The van der Waals surface area contributed by atoms with Gasteiger partial charge in [-0.25, -0.2) is 0 Å². The average molecular weight is 347 g/mol. The molecule has 0 unspecified atom stereocenters. The predicted molar refractivity (Wildman–Crippen MR) is 103 cm³/mol. The summed E-state index contributed by atoms with van der Waals surface area (Å²) in [6, 6.07) is 19.1. The van der Waals surface area contributed by atoms with E-state index in [1.807, 2.05) is 73.7 Å². The zero-order valence-corrected chi connectivity index (χ0v) is 14.9. The highest BCUT2D eigenvalue weighted by Crippen LogP contribution is 2.22. The third kappa shape index (κ3) is 4.42. The highest BCUT2D eigenvalue weighted by Gasteiger charge is 2.15. The lowest BCUT2D eigenvalue weighted by atomic mass is 10.1. The number of hydrogen-bond acceptors (Lipinski definition) is 3. The van der Waals surface area contributed by atoms with Crippen molar-refractivity contribution in [1.29, 1.82) is 0 Å². The number of carbonyl (C=O) groups is 1. The minimum absolute atomic E-state index is 0.118. The van der Waals surface area contributed by atoms with Gasteiger partial charge in [-0.1, -0.05) is 29.8 Å². The number of rotatable bonds is 6. The molecule has 0 spiro atoms. The molecule has 0 aliphatic heterocycles. The summed E-state index contributed by atoms with van der Waals surface area (Å²) in [4.78, 5) is 14.5. The second kappa shape index (κ2) is 8.21. The van der Waals surface area contributed by atoms with Crippen LogP contribution >= 0.6 is 0 Å². The van der Waals surface area contributed by atoms with E-state index in [1.54, 1.807) is 24.3 Å². The third-order valence-electron chi connectivity index (χ3n) is 4.04. The Morgan fingerprint density at radius 3 is 2.42 bits per heavy atom. The lowest BCUT2D eigenvalue weighted by Crippen LogP contribution is -2.28. The van der Waals surface area contributed by atoms with Crippen molar-refractivity contribution in [3.05, 3.63) is 89.9 Å². The van der Waals surface area contributed by atoms with Gasteiger partial charge in [0.05, 0.1) is 19.9 Å². The molecule has 26 heavy (non-hydrogen) atoms. The summed E-state index contributed by atoms with van der Waals surface area (Å²) in [5, 5.41) is 0. The van der Waals surface area contributed by atoms with Crippen LogP contribution < -0.4 is 9.64 Å². The van der Waals surface area contributed by atoms with E-state index < -0.39 is 0 Å². The molecular weight excluding hydrogens is 326 g/mol. The van der Waals surface area contributed by atoms with E-state index >= 15 is 0 Å². The number of nitrogens with zero attached hydrogens (tertiary/aromatic N) is 1. The van der Waals surface area contributed by atoms with E-state index in [-0.39, 0.29) is 5.91 Å². The van der Waals surface area contributed by atoms with Crippen LogP contribution in [-0.2, 0) is 11.3 Å². The summed E-state index contributed by atoms with van der Waals surface area (Å²) in [5.41, 5.74) is 2.95. The number of amides is 1. The Morgan fingerprint density at radius 2 is 1.81 bits per heavy atom. The lowest BCUT2D eigenvalue weighted by Gasteiger charge is -2.20. The van der Waals surface area contributed by atoms with E-state index in [9.17, 15) is 4.79 Å². The average Bonchev–Trinajstić information content (AvgIpc) is 3.19. The maximum absolute atomic E-state index is 12.8. The summed E-state index contributed by atoms with van der Waals surface area (Å²) in [7, 11) is 1.62. The number of hydrogen-bond donors (Lipinski definition) is 0. The fourth-order valence-corrected chi connectivity index (χ4v) is 2.55. The number of furan rings is 1. The summed E-state index contributed by atoms with van der Waals surface area (Å²) < 4.78 is 10.6. The van der Waals surface area contributed by atoms with Crippen LogP contribution in [0.25, 0.3) is 6.08 Å². The minimum atomic E-state index is -0.118. The van der Waals surface area contributed by atoms with Crippen molar-refractivity contribution in [2.24, 2.45) is 0 Å². The molecule has 0 aliphatic carbocycles. The monoisotopic (exact) mass is 347 g/mol. The Balaban J connectivity index is 1.83. The van der Waals surface area contributed by atoms with Gasteiger partial charge < -0.3 is 14.1 Å². The van der Waals surface area contributed by atoms with Crippen LogP contribution in [0.2, 0.25) is 0 Å². The lowest BCUT2D eigenvalue weighted by molar-refractivity contribution is -0.114. The summed E-state index contributed by atoms with van der Waals surface area (Å²) in [5.74, 6) is 1.35. The predicted octanol–water partition coefficient (Wildman–Crippen LogP) is 4.84. The number of benzene rings is 2. The minimum Gasteiger partial charge on any atom is -0.497 e. The molecule has 0 fully saturated rings. The zero-order valence-electron chi connectivity index (χ0n) is 14.9. The largest absolute Gasteiger partial charge is 0.497 e. The molecule has 1 heterocycles. The van der Waals surface area contributed by atoms with Crippen molar-refractivity contribution in [2.75, 3.05) is 12.0 Å². The Kier molecular flexibility index (Phi) is 5.54. The number of anilines is 1. The molecule has 1 aromatic heterocycles. The summed E-state index contributed by atoms with van der Waals surface area (Å²) in [6.45, 7) is 2.39. The highest BCUT2D eigenvalue weighted by molar-refractivity contribution is 6.03. The van der Waals surface area contributed by atoms with Crippen molar-refractivity contribution in [2.45, 2.75) is 13.5 Å². The molecule has 0 atom stereocenters. The second-order valence-corrected chi connectivity index (χ2v) is 5.95. The maximum atomic E-state index is 12.8. The van der Waals surface area contributed by atoms with Gasteiger partial charge in [0.2, 0.25) is 0 Å². The quantitative estimate of drug-likeness (QED) is 0.599. The van der Waals surface area contributed by atoms with Gasteiger partial charge in [-0.3, -0.25) is 4.79 Å². The first-order chi connectivity index (χ1) is 12.7. The molecular formula is C22H21NO3. The Hall–Kier alpha value is -3.27. The van der Waals surface area contributed by atoms with Gasteiger partial charge in [0.1, 0.15) is 11.5 Å². The molecule has 3 rings (SSSR count). The van der Waals surface area contributed by atoms with Gasteiger partial charge in [0.15, 0.2) is 0 Å². The van der Waals surface area contributed by atoms with Gasteiger partial charge in [-0.15, -0.1) is 0 Å². The fourth-order valence-electron chi connectivity index (χ4n) is 2.55. The first-order valence-electron chi connectivity index (χ1n) is 8.38. The van der Waals surface area contributed by atoms with Crippen LogP contribution in [0.4, 0.5) is 5.69 Å². The van der Waals surface area contributed by atoms with E-state index in [0.717, 1.165) is 22.8 Å². The Bertz CT molecular complexity index is 863. The van der Waals surface area contributed by atoms with Crippen LogP contribution in [0, 0.1) is 6.92 Å². The normalized spacial score (nSPS) is 10.8. The van der Waals surface area contributed by atoms with Gasteiger partial charge in [0.25, 0.3) is 5.91 Å². The van der Waals surface area contributed by atoms with Crippen LogP contribution in [0.1, 0.15) is 16.9 Å². The molecule has 2 aromatic carbocycles. The molecule has 3 aromatic rings. The van der Waals surface area contributed by atoms with Gasteiger partial charge in [0, 0.05) is 11.8 Å². The molecule has 0 aliphatic rings. The maximum Gasteiger partial charge on any atom is 0.251 e. The molecule has 4 heteroatoms. The fraction of sp³-hybridized carbons (Fsp3) is 0.136. The Morgan fingerprint density at radius 1 is 1.08 bits per heavy atom. The van der Waals surface area contributed by atoms with Gasteiger partial charge in [-0.05, 0) is 55.0 Å². The van der Waals surface area contributed by atoms with Crippen molar-refractivity contribution < 1.29 is 13.9 Å². The molecule has 0 saturated carbocycles. The van der Waals surface area contributed by atoms with Crippen molar-refractivity contribution in [3.8, 4) is 5.75 Å². The van der Waals surface area contributed by atoms with E-state index in [0.29, 0.717) is 6.54 Å². The van der Waals surface area contributed by atoms with Gasteiger partial charge >= 0.3 is 0 Å². The highest BCUT2D eigenvalue weighted by atomic mass is 16.5. The van der Waals surface area contributed by atoms with Crippen molar-refractivity contribution >= 4 is 17.7 Å². The molecule has 1 amide bonds. The first-order valence-corrected chi connectivity index (χ1v) is 8.38. The second-order valence-electron chi connectivity index (χ2n) is 5.95. The van der Waals surface area contributed by atoms with E-state index in [2.05, 4.69) is 0 Å². The number of methoxy groups -OCH3 is 1. The topological polar surface area (TPSA) is 42.7 Å². The molecule has 0 bridgehead atoms. The van der Waals surface area contributed by atoms with Crippen LogP contribution in [0.3, 0.4) is 0 Å². The van der Waals surface area contributed by atoms with E-state index in [1.165, 1.54) is 5.56 Å². The first kappa shape index (κ1) is 17.5. The molecule has 0 radical (unpaired) electrons. The smallest absolute Gasteiger partial charge is 0.251 e. The van der Waals surface area contributed by atoms with Crippen molar-refractivity contribution in [3.63, 3.8) is 0 Å². The summed E-state index contributed by atoms with van der Waals surface area (Å²) in [6.07, 6.45) is 5.01. The molecule has 4 nitrogen and oxygen atoms in total. The molecule has 0 N–H and O–H groups in total. The molecule has 132 valence electrons. The standard InChI is InChI=1S/C22H21NO3/c1-17-5-7-18(8-6-17)9-14-22(24)23(16-21-4-3-15-26-21)19-10-12-20(25-2)13-11-19/h3-15H,16H2,1-2H3. The van der Waals surface area contributed by atoms with Crippen LogP contribution in [0.15, 0.2) is 77.4 Å². The van der Waals surface area contributed by atoms with E-state index in [4.69, 9.17) is 9.15 Å². The van der Waals surface area contributed by atoms with Gasteiger partial charge in [-0.2, -0.15) is 0 Å². The Labute approximate surface area is 153 Å². The number of carbonyl (C=O) groups excluding carboxylic acids is 1. The number of ether oxygens (including phenoxy) is 1. The zero-order chi connectivity index (χ0) is 18.4. The number of aryl methyl sites for hydroxylation is 1. The summed E-state index contributed by atoms with van der Waals surface area (Å²) >= 11 is 0.